The fourth-order valence-corrected chi connectivity index (χ4v) is 4.44. The highest BCUT2D eigenvalue weighted by Gasteiger charge is 2.34. The Hall–Kier alpha value is -3.10. The molecule has 0 fully saturated rings. The van der Waals surface area contributed by atoms with Crippen molar-refractivity contribution in [2.24, 2.45) is 5.41 Å². The molecule has 0 aliphatic carbocycles. The van der Waals surface area contributed by atoms with Crippen molar-refractivity contribution < 1.29 is 19.8 Å². The zero-order valence-corrected chi connectivity index (χ0v) is 24.1. The topological polar surface area (TPSA) is 77.8 Å². The number of aryl methyl sites for hydroxylation is 2. The van der Waals surface area contributed by atoms with Crippen molar-refractivity contribution in [1.29, 1.82) is 0 Å². The lowest BCUT2D eigenvalue weighted by Crippen LogP contribution is -2.40. The van der Waals surface area contributed by atoms with Crippen LogP contribution in [-0.2, 0) is 10.2 Å². The zero-order chi connectivity index (χ0) is 28.3. The fourth-order valence-electron chi connectivity index (χ4n) is 4.44. The van der Waals surface area contributed by atoms with E-state index in [9.17, 15) is 19.8 Å². The second kappa shape index (κ2) is 11.1. The summed E-state index contributed by atoms with van der Waals surface area (Å²) in [6, 6.07) is 11.3. The number of likely N-dealkylation sites (N-methyl/N-ethyl adjacent to an activating group) is 1. The Morgan fingerprint density at radius 2 is 1.46 bits per heavy atom. The zero-order valence-electron chi connectivity index (χ0n) is 24.1. The quantitative estimate of drug-likeness (QED) is 0.446. The predicted octanol–water partition coefficient (Wildman–Crippen LogP) is 6.10. The van der Waals surface area contributed by atoms with Gasteiger partial charge >= 0.3 is 5.97 Å². The molecule has 0 saturated heterocycles. The Kier molecular flexibility index (Phi) is 9.04. The van der Waals surface area contributed by atoms with E-state index in [0.717, 1.165) is 35.1 Å². The molecule has 1 amide bonds. The summed E-state index contributed by atoms with van der Waals surface area (Å²) < 4.78 is 0. The maximum absolute atomic E-state index is 13.0. The highest BCUT2D eigenvalue weighted by Crippen LogP contribution is 2.40. The van der Waals surface area contributed by atoms with Crippen LogP contribution in [0.3, 0.4) is 0 Å². The van der Waals surface area contributed by atoms with Crippen molar-refractivity contribution in [2.45, 2.75) is 92.2 Å². The maximum atomic E-state index is 13.0. The molecule has 0 heterocycles. The van der Waals surface area contributed by atoms with Gasteiger partial charge in [-0.3, -0.25) is 4.79 Å². The number of nitrogens with zero attached hydrogens (tertiary/aromatic N) is 1. The average Bonchev–Trinajstić information content (AvgIpc) is 2.82. The molecule has 2 atom stereocenters. The average molecular weight is 506 g/mol. The Bertz CT molecular complexity index is 1220. The second-order valence-electron chi connectivity index (χ2n) is 11.4. The molecule has 5 heteroatoms. The fraction of sp³-hybridized carbons (Fsp3) is 0.500. The highest BCUT2D eigenvalue weighted by atomic mass is 16.4. The number of amides is 1. The normalized spacial score (nSPS) is 14.2. The predicted molar refractivity (Wildman–Crippen MR) is 150 cm³/mol. The number of rotatable bonds is 7. The molecule has 0 aromatic heterocycles. The lowest BCUT2D eigenvalue weighted by Gasteiger charge is -2.34. The molecule has 0 spiro atoms. The number of carboxylic acids is 1. The van der Waals surface area contributed by atoms with Gasteiger partial charge in [-0.05, 0) is 74.9 Å². The molecular weight excluding hydrogens is 462 g/mol. The molecule has 2 aromatic rings. The molecular formula is C32H43NO4. The molecule has 2 N–H and O–H groups in total. The molecule has 0 bridgehead atoms. The Labute approximate surface area is 222 Å². The molecule has 0 saturated carbocycles. The third-order valence-corrected chi connectivity index (χ3v) is 8.16. The molecule has 0 radical (unpaired) electrons. The van der Waals surface area contributed by atoms with Gasteiger partial charge < -0.3 is 15.1 Å². The first-order chi connectivity index (χ1) is 17.0. The Morgan fingerprint density at radius 3 is 1.89 bits per heavy atom. The first-order valence-electron chi connectivity index (χ1n) is 13.0. The second-order valence-corrected chi connectivity index (χ2v) is 11.4. The van der Waals surface area contributed by atoms with Gasteiger partial charge in [0.15, 0.2) is 0 Å². The van der Waals surface area contributed by atoms with Crippen molar-refractivity contribution in [3.63, 3.8) is 0 Å². The lowest BCUT2D eigenvalue weighted by atomic mass is 9.69. The van der Waals surface area contributed by atoms with E-state index in [0.29, 0.717) is 5.56 Å². The number of carbonyl (C=O) groups excluding carboxylic acids is 1. The van der Waals surface area contributed by atoms with Gasteiger partial charge in [-0.1, -0.05) is 70.7 Å². The summed E-state index contributed by atoms with van der Waals surface area (Å²) in [6.45, 7) is 17.5. The van der Waals surface area contributed by atoms with Gasteiger partial charge in [0.25, 0.3) is 5.91 Å². The number of hydrogen-bond acceptors (Lipinski definition) is 3. The van der Waals surface area contributed by atoms with E-state index >= 15 is 0 Å². The third-order valence-electron chi connectivity index (χ3n) is 8.16. The van der Waals surface area contributed by atoms with Crippen LogP contribution in [0, 0.1) is 31.1 Å². The van der Waals surface area contributed by atoms with Crippen LogP contribution in [0.25, 0.3) is 0 Å². The summed E-state index contributed by atoms with van der Waals surface area (Å²) in [6.07, 6.45) is 1.74. The summed E-state index contributed by atoms with van der Waals surface area (Å²) in [4.78, 5) is 25.6. The van der Waals surface area contributed by atoms with Crippen LogP contribution in [0.15, 0.2) is 36.4 Å². The minimum Gasteiger partial charge on any atom is -0.480 e. The van der Waals surface area contributed by atoms with E-state index in [1.54, 1.807) is 6.92 Å². The highest BCUT2D eigenvalue weighted by molar-refractivity contribution is 5.97. The van der Waals surface area contributed by atoms with Crippen molar-refractivity contribution in [2.75, 3.05) is 7.05 Å². The number of aliphatic carboxylic acids is 1. The summed E-state index contributed by atoms with van der Waals surface area (Å²) in [5.41, 5.74) is 3.85. The molecule has 2 unspecified atom stereocenters. The standard InChI is InChI=1S/C32H43NO4/c1-11-32(12-2,25-14-13-24(21(3)19-25)17-18-31(9,37)30(6,7)8)26-15-16-27(22(4)20-26)28(34)33(10)23(5)29(35)36/h13-16,19-20,23,37H,11-12H2,1-10H3,(H,35,36). The van der Waals surface area contributed by atoms with Crippen molar-refractivity contribution >= 4 is 11.9 Å². The van der Waals surface area contributed by atoms with Crippen LogP contribution in [0.2, 0.25) is 0 Å². The van der Waals surface area contributed by atoms with Gasteiger partial charge in [-0.25, -0.2) is 4.79 Å². The van der Waals surface area contributed by atoms with E-state index in [4.69, 9.17) is 0 Å². The minimum atomic E-state index is -1.11. The first kappa shape index (κ1) is 30.1. The number of hydrogen-bond donors (Lipinski definition) is 2. The van der Waals surface area contributed by atoms with E-state index < -0.39 is 17.6 Å². The van der Waals surface area contributed by atoms with Crippen LogP contribution >= 0.6 is 0 Å². The maximum Gasteiger partial charge on any atom is 0.326 e. The summed E-state index contributed by atoms with van der Waals surface area (Å²) >= 11 is 0. The number of carboxylic acid groups (broad SMARTS) is 1. The molecule has 200 valence electrons. The molecule has 2 rings (SSSR count). The van der Waals surface area contributed by atoms with E-state index in [1.807, 2.05) is 52.8 Å². The van der Waals surface area contributed by atoms with Gasteiger partial charge in [0.2, 0.25) is 0 Å². The summed E-state index contributed by atoms with van der Waals surface area (Å²) in [5, 5.41) is 20.1. The lowest BCUT2D eigenvalue weighted by molar-refractivity contribution is -0.141. The van der Waals surface area contributed by atoms with Crippen molar-refractivity contribution in [1.82, 2.24) is 4.90 Å². The first-order valence-corrected chi connectivity index (χ1v) is 13.0. The molecule has 37 heavy (non-hydrogen) atoms. The van der Waals surface area contributed by atoms with E-state index in [2.05, 4.69) is 43.9 Å². The SMILES string of the molecule is CCC(CC)(c1ccc(C#CC(C)(O)C(C)(C)C)c(C)c1)c1ccc(C(=O)N(C)C(C)C(=O)O)c(C)c1. The van der Waals surface area contributed by atoms with E-state index in [-0.39, 0.29) is 16.7 Å². The monoisotopic (exact) mass is 505 g/mol. The van der Waals surface area contributed by atoms with Crippen LogP contribution < -0.4 is 0 Å². The molecule has 5 nitrogen and oxygen atoms in total. The van der Waals surface area contributed by atoms with Crippen LogP contribution in [0.1, 0.15) is 99.5 Å². The van der Waals surface area contributed by atoms with Gasteiger partial charge in [0.1, 0.15) is 11.6 Å². The van der Waals surface area contributed by atoms with E-state index in [1.165, 1.54) is 24.4 Å². The van der Waals surface area contributed by atoms with Gasteiger partial charge in [0, 0.05) is 29.0 Å². The minimum absolute atomic E-state index is 0.250. The molecule has 2 aromatic carbocycles. The largest absolute Gasteiger partial charge is 0.480 e. The summed E-state index contributed by atoms with van der Waals surface area (Å²) in [7, 11) is 1.52. The van der Waals surface area contributed by atoms with Crippen molar-refractivity contribution in [3.05, 3.63) is 69.8 Å². The van der Waals surface area contributed by atoms with Crippen LogP contribution in [0.5, 0.6) is 0 Å². The van der Waals surface area contributed by atoms with Crippen LogP contribution in [-0.4, -0.2) is 45.7 Å². The Morgan fingerprint density at radius 1 is 0.946 bits per heavy atom. The smallest absolute Gasteiger partial charge is 0.326 e. The molecule has 0 aliphatic heterocycles. The van der Waals surface area contributed by atoms with Gasteiger partial charge in [-0.15, -0.1) is 0 Å². The number of aliphatic hydroxyl groups is 1. The number of carbonyl (C=O) groups is 2. The van der Waals surface area contributed by atoms with Gasteiger partial charge in [-0.2, -0.15) is 0 Å². The van der Waals surface area contributed by atoms with Gasteiger partial charge in [0.05, 0.1) is 0 Å². The summed E-state index contributed by atoms with van der Waals surface area (Å²) in [5.74, 6) is 4.90. The number of benzene rings is 2. The van der Waals surface area contributed by atoms with Crippen LogP contribution in [0.4, 0.5) is 0 Å². The third kappa shape index (κ3) is 6.08. The Balaban J connectivity index is 2.51. The van der Waals surface area contributed by atoms with Crippen molar-refractivity contribution in [3.8, 4) is 11.8 Å². The molecule has 0 aliphatic rings.